The molecule has 1 amide bonds. The van der Waals surface area contributed by atoms with Crippen LogP contribution in [0.4, 0.5) is 0 Å². The molecule has 140 valence electrons. The van der Waals surface area contributed by atoms with Crippen molar-refractivity contribution in [2.45, 2.75) is 31.5 Å². The largest absolute Gasteiger partial charge is 0.349 e. The van der Waals surface area contributed by atoms with Crippen molar-refractivity contribution in [3.05, 3.63) is 71.0 Å². The number of nitrogens with one attached hydrogen (secondary N) is 1. The van der Waals surface area contributed by atoms with Crippen LogP contribution in [-0.4, -0.2) is 26.4 Å². The SMILES string of the molecule is CCC(NC(=O)CSc1nncn1-c1cccc(Cl)c1)c1ccc(C)cc1. The maximum absolute atomic E-state index is 12.4. The van der Waals surface area contributed by atoms with Crippen molar-refractivity contribution in [2.24, 2.45) is 0 Å². The van der Waals surface area contributed by atoms with E-state index in [1.807, 2.05) is 28.8 Å². The Hall–Kier alpha value is -2.31. The molecular weight excluding hydrogens is 380 g/mol. The zero-order valence-corrected chi connectivity index (χ0v) is 16.8. The minimum Gasteiger partial charge on any atom is -0.349 e. The van der Waals surface area contributed by atoms with Gasteiger partial charge in [0.15, 0.2) is 5.16 Å². The molecule has 1 unspecified atom stereocenters. The quantitative estimate of drug-likeness (QED) is 0.589. The molecule has 2 aromatic carbocycles. The lowest BCUT2D eigenvalue weighted by Gasteiger charge is -2.17. The Kier molecular flexibility index (Phi) is 6.53. The maximum Gasteiger partial charge on any atom is 0.230 e. The van der Waals surface area contributed by atoms with Crippen LogP contribution in [0.2, 0.25) is 5.02 Å². The van der Waals surface area contributed by atoms with Crippen LogP contribution in [0.15, 0.2) is 60.0 Å². The molecule has 1 atom stereocenters. The lowest BCUT2D eigenvalue weighted by atomic mass is 10.0. The standard InChI is InChI=1S/C20H21ClN4OS/c1-3-18(15-9-7-14(2)8-10-15)23-19(26)12-27-20-24-22-13-25(20)17-6-4-5-16(21)11-17/h4-11,13,18H,3,12H2,1-2H3,(H,23,26). The summed E-state index contributed by atoms with van der Waals surface area (Å²) in [6.45, 7) is 4.11. The molecule has 0 aliphatic carbocycles. The first-order valence-corrected chi connectivity index (χ1v) is 10.1. The Bertz CT molecular complexity index is 910. The average Bonchev–Trinajstić information content (AvgIpc) is 3.14. The molecule has 0 bridgehead atoms. The van der Waals surface area contributed by atoms with Crippen molar-refractivity contribution in [1.82, 2.24) is 20.1 Å². The van der Waals surface area contributed by atoms with Gasteiger partial charge in [-0.05, 0) is 37.1 Å². The van der Waals surface area contributed by atoms with Gasteiger partial charge >= 0.3 is 0 Å². The number of benzene rings is 2. The second-order valence-corrected chi connectivity index (χ2v) is 7.57. The Morgan fingerprint density at radius 3 is 2.74 bits per heavy atom. The smallest absolute Gasteiger partial charge is 0.230 e. The number of aromatic nitrogens is 3. The Morgan fingerprint density at radius 1 is 1.26 bits per heavy atom. The fourth-order valence-electron chi connectivity index (χ4n) is 2.71. The second-order valence-electron chi connectivity index (χ2n) is 6.19. The van der Waals surface area contributed by atoms with E-state index in [2.05, 4.69) is 53.6 Å². The van der Waals surface area contributed by atoms with Gasteiger partial charge in [-0.2, -0.15) is 0 Å². The van der Waals surface area contributed by atoms with E-state index < -0.39 is 0 Å². The van der Waals surface area contributed by atoms with Gasteiger partial charge in [-0.25, -0.2) is 0 Å². The molecule has 1 heterocycles. The number of halogens is 1. The van der Waals surface area contributed by atoms with E-state index >= 15 is 0 Å². The number of amides is 1. The zero-order valence-electron chi connectivity index (χ0n) is 15.2. The molecule has 0 spiro atoms. The number of nitrogens with zero attached hydrogens (tertiary/aromatic N) is 3. The molecule has 1 N–H and O–H groups in total. The predicted octanol–water partition coefficient (Wildman–Crippen LogP) is 4.59. The van der Waals surface area contributed by atoms with Crippen molar-refractivity contribution < 1.29 is 4.79 Å². The molecule has 1 aromatic heterocycles. The van der Waals surface area contributed by atoms with Crippen molar-refractivity contribution in [3.8, 4) is 5.69 Å². The fourth-order valence-corrected chi connectivity index (χ4v) is 3.64. The summed E-state index contributed by atoms with van der Waals surface area (Å²) in [5, 5.41) is 12.5. The summed E-state index contributed by atoms with van der Waals surface area (Å²) in [7, 11) is 0. The maximum atomic E-state index is 12.4. The minimum absolute atomic E-state index is 0.00417. The molecule has 7 heteroatoms. The first-order chi connectivity index (χ1) is 13.1. The van der Waals surface area contributed by atoms with E-state index in [0.29, 0.717) is 10.2 Å². The number of hydrogen-bond acceptors (Lipinski definition) is 4. The van der Waals surface area contributed by atoms with Crippen LogP contribution in [0.5, 0.6) is 0 Å². The zero-order chi connectivity index (χ0) is 19.2. The summed E-state index contributed by atoms with van der Waals surface area (Å²) in [6, 6.07) is 15.7. The molecule has 0 saturated carbocycles. The van der Waals surface area contributed by atoms with Crippen LogP contribution in [0.1, 0.15) is 30.5 Å². The summed E-state index contributed by atoms with van der Waals surface area (Å²) in [6.07, 6.45) is 2.45. The average molecular weight is 401 g/mol. The van der Waals surface area contributed by atoms with Crippen molar-refractivity contribution in [3.63, 3.8) is 0 Å². The van der Waals surface area contributed by atoms with Gasteiger partial charge in [0, 0.05) is 5.02 Å². The molecule has 27 heavy (non-hydrogen) atoms. The van der Waals surface area contributed by atoms with E-state index in [1.165, 1.54) is 17.3 Å². The van der Waals surface area contributed by atoms with E-state index in [-0.39, 0.29) is 17.7 Å². The molecule has 3 rings (SSSR count). The van der Waals surface area contributed by atoms with Gasteiger partial charge in [0.2, 0.25) is 5.91 Å². The first kappa shape index (κ1) is 19.5. The van der Waals surface area contributed by atoms with Gasteiger partial charge < -0.3 is 5.32 Å². The summed E-state index contributed by atoms with van der Waals surface area (Å²) in [4.78, 5) is 12.4. The predicted molar refractivity (Wildman–Crippen MR) is 109 cm³/mol. The van der Waals surface area contributed by atoms with Crippen LogP contribution in [0, 0.1) is 6.92 Å². The van der Waals surface area contributed by atoms with Crippen molar-refractivity contribution >= 4 is 29.3 Å². The molecule has 3 aromatic rings. The third-order valence-corrected chi connectivity index (χ3v) is 5.34. The van der Waals surface area contributed by atoms with Gasteiger partial charge in [0.25, 0.3) is 0 Å². The van der Waals surface area contributed by atoms with Crippen LogP contribution in [-0.2, 0) is 4.79 Å². The van der Waals surface area contributed by atoms with Gasteiger partial charge in [-0.1, -0.05) is 66.2 Å². The lowest BCUT2D eigenvalue weighted by Crippen LogP contribution is -2.29. The highest BCUT2D eigenvalue weighted by Crippen LogP contribution is 2.22. The monoisotopic (exact) mass is 400 g/mol. The van der Waals surface area contributed by atoms with Crippen molar-refractivity contribution in [2.75, 3.05) is 5.75 Å². The third kappa shape index (κ3) is 5.11. The summed E-state index contributed by atoms with van der Waals surface area (Å²) in [5.41, 5.74) is 3.18. The normalized spacial score (nSPS) is 12.0. The topological polar surface area (TPSA) is 59.8 Å². The van der Waals surface area contributed by atoms with Gasteiger partial charge in [-0.3, -0.25) is 9.36 Å². The number of hydrogen-bond donors (Lipinski definition) is 1. The Balaban J connectivity index is 1.63. The van der Waals surface area contributed by atoms with E-state index in [1.54, 1.807) is 6.33 Å². The number of thioether (sulfide) groups is 1. The minimum atomic E-state index is -0.0342. The number of rotatable bonds is 7. The highest BCUT2D eigenvalue weighted by atomic mass is 35.5. The van der Waals surface area contributed by atoms with Crippen LogP contribution in [0.3, 0.4) is 0 Å². The highest BCUT2D eigenvalue weighted by molar-refractivity contribution is 7.99. The van der Waals surface area contributed by atoms with Gasteiger partial charge in [-0.15, -0.1) is 10.2 Å². The molecular formula is C20H21ClN4OS. The van der Waals surface area contributed by atoms with E-state index in [9.17, 15) is 4.79 Å². The highest BCUT2D eigenvalue weighted by Gasteiger charge is 2.15. The molecule has 0 aliphatic rings. The Labute approximate surface area is 168 Å². The van der Waals surface area contributed by atoms with Gasteiger partial charge in [0.05, 0.1) is 17.5 Å². The number of aryl methyl sites for hydroxylation is 1. The Morgan fingerprint density at radius 2 is 2.04 bits per heavy atom. The second kappa shape index (κ2) is 9.06. The van der Waals surface area contributed by atoms with E-state index in [4.69, 9.17) is 11.6 Å². The molecule has 0 aliphatic heterocycles. The molecule has 0 radical (unpaired) electrons. The molecule has 0 saturated heterocycles. The molecule has 5 nitrogen and oxygen atoms in total. The lowest BCUT2D eigenvalue weighted by molar-refractivity contribution is -0.119. The van der Waals surface area contributed by atoms with Crippen LogP contribution < -0.4 is 5.32 Å². The summed E-state index contributed by atoms with van der Waals surface area (Å²) < 4.78 is 1.82. The van der Waals surface area contributed by atoms with Crippen LogP contribution >= 0.6 is 23.4 Å². The molecule has 0 fully saturated rings. The van der Waals surface area contributed by atoms with E-state index in [0.717, 1.165) is 17.7 Å². The van der Waals surface area contributed by atoms with Crippen LogP contribution in [0.25, 0.3) is 5.69 Å². The van der Waals surface area contributed by atoms with Gasteiger partial charge in [0.1, 0.15) is 6.33 Å². The number of carbonyl (C=O) groups is 1. The fraction of sp³-hybridized carbons (Fsp3) is 0.250. The summed E-state index contributed by atoms with van der Waals surface area (Å²) in [5.74, 6) is 0.231. The van der Waals surface area contributed by atoms with Crippen molar-refractivity contribution in [1.29, 1.82) is 0 Å². The summed E-state index contributed by atoms with van der Waals surface area (Å²) >= 11 is 7.40. The first-order valence-electron chi connectivity index (χ1n) is 8.71. The third-order valence-electron chi connectivity index (χ3n) is 4.16. The number of carbonyl (C=O) groups excluding carboxylic acids is 1.